The van der Waals surface area contributed by atoms with Crippen LogP contribution in [0.5, 0.6) is 0 Å². The Balaban J connectivity index is 1.72. The molecule has 2 aromatic carbocycles. The van der Waals surface area contributed by atoms with Crippen molar-refractivity contribution in [3.8, 4) is 0 Å². The monoisotopic (exact) mass is 372 g/mol. The minimum Gasteiger partial charge on any atom is -0.358 e. The summed E-state index contributed by atoms with van der Waals surface area (Å²) in [6, 6.07) is 13.6. The lowest BCUT2D eigenvalue weighted by molar-refractivity contribution is -0.384. The van der Waals surface area contributed by atoms with E-state index in [0.717, 1.165) is 35.4 Å². The van der Waals surface area contributed by atoms with Gasteiger partial charge in [-0.2, -0.15) is 0 Å². The zero-order chi connectivity index (χ0) is 19.4. The van der Waals surface area contributed by atoms with Gasteiger partial charge in [-0.05, 0) is 18.4 Å². The number of ketones is 2. The van der Waals surface area contributed by atoms with Crippen LogP contribution in [0.1, 0.15) is 46.7 Å². The Kier molecular flexibility index (Phi) is 3.55. The second-order valence-corrected chi connectivity index (χ2v) is 7.24. The number of nitrogens with one attached hydrogen (secondary N) is 1. The average Bonchev–Trinajstić information content (AvgIpc) is 2.99. The lowest BCUT2D eigenvalue weighted by Crippen LogP contribution is -2.31. The number of fused-ring (bicyclic) bond motifs is 2. The Hall–Kier alpha value is -3.54. The molecule has 0 unspecified atom stereocenters. The smallest absolute Gasteiger partial charge is 0.269 e. The fourth-order valence-corrected chi connectivity index (χ4v) is 4.46. The van der Waals surface area contributed by atoms with Crippen LogP contribution < -0.4 is 5.32 Å². The number of non-ortho nitro benzene ring substituents is 1. The summed E-state index contributed by atoms with van der Waals surface area (Å²) < 4.78 is 0. The molecule has 0 bridgehead atoms. The number of hydrogen-bond acceptors (Lipinski definition) is 5. The van der Waals surface area contributed by atoms with Gasteiger partial charge in [0.25, 0.3) is 5.69 Å². The minimum absolute atomic E-state index is 0.0166. The molecule has 28 heavy (non-hydrogen) atoms. The van der Waals surface area contributed by atoms with Crippen molar-refractivity contribution in [2.45, 2.75) is 25.2 Å². The zero-order valence-electron chi connectivity index (χ0n) is 14.9. The van der Waals surface area contributed by atoms with Crippen molar-refractivity contribution in [3.63, 3.8) is 0 Å². The molecule has 0 amide bonds. The van der Waals surface area contributed by atoms with Gasteiger partial charge >= 0.3 is 0 Å². The Labute approximate surface area is 160 Å². The van der Waals surface area contributed by atoms with E-state index in [1.54, 1.807) is 18.2 Å². The number of nitro groups is 1. The van der Waals surface area contributed by atoms with Gasteiger partial charge in [0.15, 0.2) is 11.6 Å². The number of rotatable bonds is 2. The second-order valence-electron chi connectivity index (χ2n) is 7.24. The number of allylic oxidation sites excluding steroid dienone is 3. The summed E-state index contributed by atoms with van der Waals surface area (Å²) in [5.41, 5.74) is 4.99. The fraction of sp³-hybridized carbons (Fsp3) is 0.182. The maximum Gasteiger partial charge on any atom is 0.269 e. The van der Waals surface area contributed by atoms with E-state index in [0.29, 0.717) is 23.1 Å². The normalized spacial score (nSPS) is 20.5. The van der Waals surface area contributed by atoms with Gasteiger partial charge in [-0.15, -0.1) is 0 Å². The first-order valence-corrected chi connectivity index (χ1v) is 9.22. The molecular formula is C22H16N2O4. The summed E-state index contributed by atoms with van der Waals surface area (Å²) in [7, 11) is 0. The van der Waals surface area contributed by atoms with Crippen LogP contribution in [-0.4, -0.2) is 16.5 Å². The number of hydrogen-bond donors (Lipinski definition) is 1. The van der Waals surface area contributed by atoms with Gasteiger partial charge in [0.05, 0.1) is 10.6 Å². The highest BCUT2D eigenvalue weighted by Crippen LogP contribution is 2.48. The molecule has 1 atom stereocenters. The van der Waals surface area contributed by atoms with Crippen LogP contribution >= 0.6 is 0 Å². The molecule has 0 saturated heterocycles. The number of nitrogens with zero attached hydrogens (tertiary/aromatic N) is 1. The summed E-state index contributed by atoms with van der Waals surface area (Å²) >= 11 is 0. The average molecular weight is 372 g/mol. The summed E-state index contributed by atoms with van der Waals surface area (Å²) in [5, 5.41) is 14.4. The molecule has 2 aliphatic carbocycles. The van der Waals surface area contributed by atoms with Crippen molar-refractivity contribution >= 4 is 23.0 Å². The van der Waals surface area contributed by atoms with Crippen molar-refractivity contribution in [2.75, 3.05) is 0 Å². The van der Waals surface area contributed by atoms with Crippen LogP contribution in [0.2, 0.25) is 0 Å². The lowest BCUT2D eigenvalue weighted by Gasteiger charge is -2.33. The van der Waals surface area contributed by atoms with Gasteiger partial charge in [-0.25, -0.2) is 0 Å². The van der Waals surface area contributed by atoms with Gasteiger partial charge in [-0.3, -0.25) is 19.7 Å². The molecule has 6 nitrogen and oxygen atoms in total. The molecule has 0 radical (unpaired) electrons. The maximum absolute atomic E-state index is 13.2. The largest absolute Gasteiger partial charge is 0.358 e. The van der Waals surface area contributed by atoms with E-state index in [9.17, 15) is 19.7 Å². The van der Waals surface area contributed by atoms with E-state index in [-0.39, 0.29) is 17.3 Å². The Bertz CT molecular complexity index is 1130. The van der Waals surface area contributed by atoms with Crippen LogP contribution in [-0.2, 0) is 4.79 Å². The van der Waals surface area contributed by atoms with Gasteiger partial charge in [0.1, 0.15) is 0 Å². The second kappa shape index (κ2) is 5.99. The summed E-state index contributed by atoms with van der Waals surface area (Å²) in [6.07, 6.45) is 1.97. The van der Waals surface area contributed by atoms with Gasteiger partial charge in [0, 0.05) is 52.4 Å². The SMILES string of the molecule is O=C1CCCC2=C1[C@H](c1ccc([N+](=O)[O-])cc1)C1=C(N2)c2ccccc2C1=O. The number of dihydropyridines is 1. The van der Waals surface area contributed by atoms with E-state index in [1.807, 2.05) is 18.2 Å². The van der Waals surface area contributed by atoms with Crippen LogP contribution in [0.25, 0.3) is 5.70 Å². The molecule has 1 aliphatic heterocycles. The first-order chi connectivity index (χ1) is 13.6. The van der Waals surface area contributed by atoms with Crippen molar-refractivity contribution in [3.05, 3.63) is 92.2 Å². The zero-order valence-corrected chi connectivity index (χ0v) is 14.9. The van der Waals surface area contributed by atoms with Crippen LogP contribution in [0.4, 0.5) is 5.69 Å². The number of carbonyl (C=O) groups excluding carboxylic acids is 2. The van der Waals surface area contributed by atoms with Gasteiger partial charge in [-0.1, -0.05) is 36.4 Å². The van der Waals surface area contributed by atoms with E-state index in [2.05, 4.69) is 5.32 Å². The highest BCUT2D eigenvalue weighted by atomic mass is 16.6. The number of nitro benzene ring substituents is 1. The predicted molar refractivity (Wildman–Crippen MR) is 103 cm³/mol. The molecular weight excluding hydrogens is 356 g/mol. The van der Waals surface area contributed by atoms with Crippen molar-refractivity contribution in [1.29, 1.82) is 0 Å². The molecule has 1 N–H and O–H groups in total. The van der Waals surface area contributed by atoms with Gasteiger partial charge in [0.2, 0.25) is 0 Å². The van der Waals surface area contributed by atoms with Crippen molar-refractivity contribution < 1.29 is 14.5 Å². The molecule has 5 rings (SSSR count). The standard InChI is InChI=1S/C22H16N2O4/c25-17-7-3-6-16-19(17)18(12-8-10-13(11-9-12)24(27)28)20-21(23-16)14-4-1-2-5-15(14)22(20)26/h1-2,4-5,8-11,18,23H,3,6-7H2/t18-/m0/s1. The number of carbonyl (C=O) groups is 2. The van der Waals surface area contributed by atoms with E-state index in [1.165, 1.54) is 12.1 Å². The molecule has 138 valence electrons. The molecule has 6 heteroatoms. The van der Waals surface area contributed by atoms with Crippen LogP contribution in [0, 0.1) is 10.1 Å². The summed E-state index contributed by atoms with van der Waals surface area (Å²) in [6.45, 7) is 0. The first-order valence-electron chi connectivity index (χ1n) is 9.22. The minimum atomic E-state index is -0.500. The number of Topliss-reactive ketones (excluding diaryl/α,β-unsaturated/α-hetero) is 2. The topological polar surface area (TPSA) is 89.3 Å². The van der Waals surface area contributed by atoms with E-state index >= 15 is 0 Å². The molecule has 0 fully saturated rings. The third-order valence-corrected chi connectivity index (χ3v) is 5.70. The van der Waals surface area contributed by atoms with Gasteiger partial charge < -0.3 is 5.32 Å². The third-order valence-electron chi connectivity index (χ3n) is 5.70. The highest BCUT2D eigenvalue weighted by Gasteiger charge is 2.43. The molecule has 0 aromatic heterocycles. The predicted octanol–water partition coefficient (Wildman–Crippen LogP) is 3.90. The molecule has 3 aliphatic rings. The molecule has 1 heterocycles. The van der Waals surface area contributed by atoms with E-state index in [4.69, 9.17) is 0 Å². The Morgan fingerprint density at radius 3 is 2.36 bits per heavy atom. The Morgan fingerprint density at radius 2 is 1.64 bits per heavy atom. The quantitative estimate of drug-likeness (QED) is 0.638. The van der Waals surface area contributed by atoms with Crippen molar-refractivity contribution in [1.82, 2.24) is 5.32 Å². The molecule has 2 aromatic rings. The van der Waals surface area contributed by atoms with Crippen molar-refractivity contribution in [2.24, 2.45) is 0 Å². The van der Waals surface area contributed by atoms with Crippen LogP contribution in [0.3, 0.4) is 0 Å². The Morgan fingerprint density at radius 1 is 0.929 bits per heavy atom. The summed E-state index contributed by atoms with van der Waals surface area (Å²) in [5.74, 6) is -0.557. The highest BCUT2D eigenvalue weighted by molar-refractivity contribution is 6.23. The third kappa shape index (κ3) is 2.27. The maximum atomic E-state index is 13.2. The molecule has 0 spiro atoms. The number of benzene rings is 2. The fourth-order valence-electron chi connectivity index (χ4n) is 4.46. The van der Waals surface area contributed by atoms with E-state index < -0.39 is 10.8 Å². The summed E-state index contributed by atoms with van der Waals surface area (Å²) in [4.78, 5) is 36.6. The lowest BCUT2D eigenvalue weighted by atomic mass is 9.75. The van der Waals surface area contributed by atoms with Crippen LogP contribution in [0.15, 0.2) is 65.4 Å². The first kappa shape index (κ1) is 16.6. The molecule has 0 saturated carbocycles.